The molecule has 2 aromatic carbocycles. The third kappa shape index (κ3) is 4.72. The number of halogens is 1. The van der Waals surface area contributed by atoms with Crippen LogP contribution in [0, 0.1) is 0 Å². The maximum Gasteiger partial charge on any atom is 0.277 e. The molecule has 1 amide bonds. The second kappa shape index (κ2) is 8.79. The van der Waals surface area contributed by atoms with Crippen LogP contribution in [0.2, 0.25) is 5.02 Å². The van der Waals surface area contributed by atoms with Crippen molar-refractivity contribution in [1.29, 1.82) is 0 Å². The number of nitrogens with zero attached hydrogens (tertiary/aromatic N) is 2. The van der Waals surface area contributed by atoms with Crippen LogP contribution in [0.15, 0.2) is 52.1 Å². The summed E-state index contributed by atoms with van der Waals surface area (Å²) in [6.45, 7) is 0. The Hall–Kier alpha value is -2.71. The third-order valence-corrected chi connectivity index (χ3v) is 4.67. The second-order valence-electron chi connectivity index (χ2n) is 5.26. The summed E-state index contributed by atoms with van der Waals surface area (Å²) in [7, 11) is 3.08. The topological polar surface area (TPSA) is 86.5 Å². The molecule has 0 bridgehead atoms. The first kappa shape index (κ1) is 19.1. The number of hydrogen-bond acceptors (Lipinski definition) is 7. The number of amides is 1. The first-order valence-corrected chi connectivity index (χ1v) is 9.20. The summed E-state index contributed by atoms with van der Waals surface area (Å²) in [6, 6.07) is 12.3. The molecule has 0 aliphatic rings. The van der Waals surface area contributed by atoms with Gasteiger partial charge in [0.25, 0.3) is 5.22 Å². The van der Waals surface area contributed by atoms with Crippen LogP contribution < -0.4 is 14.8 Å². The zero-order valence-electron chi connectivity index (χ0n) is 14.6. The fourth-order valence-corrected chi connectivity index (χ4v) is 3.02. The van der Waals surface area contributed by atoms with Crippen LogP contribution in [0.3, 0.4) is 0 Å². The Morgan fingerprint density at radius 3 is 2.74 bits per heavy atom. The van der Waals surface area contributed by atoms with E-state index in [1.54, 1.807) is 37.4 Å². The van der Waals surface area contributed by atoms with Gasteiger partial charge in [0.2, 0.25) is 11.8 Å². The lowest BCUT2D eigenvalue weighted by molar-refractivity contribution is -0.113. The van der Waals surface area contributed by atoms with Crippen molar-refractivity contribution >= 4 is 35.0 Å². The van der Waals surface area contributed by atoms with Crippen molar-refractivity contribution < 1.29 is 18.7 Å². The van der Waals surface area contributed by atoms with E-state index in [0.29, 0.717) is 33.7 Å². The molecule has 0 unspecified atom stereocenters. The van der Waals surface area contributed by atoms with Gasteiger partial charge in [-0.05, 0) is 24.3 Å². The molecule has 7 nitrogen and oxygen atoms in total. The van der Waals surface area contributed by atoms with Gasteiger partial charge in [0, 0.05) is 6.07 Å². The lowest BCUT2D eigenvalue weighted by atomic mass is 10.2. The monoisotopic (exact) mass is 405 g/mol. The minimum absolute atomic E-state index is 0.0878. The molecule has 0 atom stereocenters. The zero-order chi connectivity index (χ0) is 19.2. The Kier molecular flexibility index (Phi) is 6.20. The Balaban J connectivity index is 1.63. The Morgan fingerprint density at radius 2 is 2.00 bits per heavy atom. The first-order valence-electron chi connectivity index (χ1n) is 7.84. The van der Waals surface area contributed by atoms with Crippen molar-refractivity contribution in [2.75, 3.05) is 25.3 Å². The quantitative estimate of drug-likeness (QED) is 0.591. The molecule has 3 rings (SSSR count). The van der Waals surface area contributed by atoms with E-state index in [0.717, 1.165) is 11.8 Å². The van der Waals surface area contributed by atoms with E-state index in [-0.39, 0.29) is 16.9 Å². The molecule has 140 valence electrons. The van der Waals surface area contributed by atoms with E-state index in [4.69, 9.17) is 25.5 Å². The molecule has 0 aliphatic heterocycles. The fraction of sp³-hybridized carbons (Fsp3) is 0.167. The van der Waals surface area contributed by atoms with Gasteiger partial charge < -0.3 is 19.2 Å². The molecule has 0 fully saturated rings. The van der Waals surface area contributed by atoms with Gasteiger partial charge in [0.1, 0.15) is 11.5 Å². The number of ether oxygens (including phenoxy) is 2. The molecule has 0 aliphatic carbocycles. The van der Waals surface area contributed by atoms with Gasteiger partial charge in [0.15, 0.2) is 0 Å². The van der Waals surface area contributed by atoms with Crippen molar-refractivity contribution in [1.82, 2.24) is 10.2 Å². The largest absolute Gasteiger partial charge is 0.497 e. The average Bonchev–Trinajstić information content (AvgIpc) is 3.15. The number of carbonyl (C=O) groups is 1. The highest BCUT2D eigenvalue weighted by molar-refractivity contribution is 7.99. The molecule has 0 saturated heterocycles. The molecule has 0 radical (unpaired) electrons. The third-order valence-electron chi connectivity index (χ3n) is 3.52. The predicted molar refractivity (Wildman–Crippen MR) is 104 cm³/mol. The Bertz CT molecular complexity index is 948. The van der Waals surface area contributed by atoms with Gasteiger partial charge in [-0.3, -0.25) is 4.79 Å². The summed E-state index contributed by atoms with van der Waals surface area (Å²) in [5.74, 6) is 1.29. The van der Waals surface area contributed by atoms with E-state index >= 15 is 0 Å². The number of anilines is 1. The van der Waals surface area contributed by atoms with Gasteiger partial charge in [-0.25, -0.2) is 0 Å². The van der Waals surface area contributed by atoms with Gasteiger partial charge >= 0.3 is 0 Å². The molecule has 1 N–H and O–H groups in total. The highest BCUT2D eigenvalue weighted by Gasteiger charge is 2.14. The number of benzene rings is 2. The molecule has 0 spiro atoms. The van der Waals surface area contributed by atoms with Crippen LogP contribution in [0.25, 0.3) is 11.5 Å². The molecular formula is C18H16ClN3O4S. The van der Waals surface area contributed by atoms with E-state index in [1.165, 1.54) is 7.11 Å². The Labute approximate surface area is 165 Å². The first-order chi connectivity index (χ1) is 13.1. The lowest BCUT2D eigenvalue weighted by Gasteiger charge is -2.11. The number of thioether (sulfide) groups is 1. The van der Waals surface area contributed by atoms with Crippen LogP contribution in [0.1, 0.15) is 0 Å². The number of hydrogen-bond donors (Lipinski definition) is 1. The number of methoxy groups -OCH3 is 2. The van der Waals surface area contributed by atoms with E-state index in [9.17, 15) is 4.79 Å². The number of carbonyl (C=O) groups excluding carboxylic acids is 1. The summed E-state index contributed by atoms with van der Waals surface area (Å²) in [5.41, 5.74) is 1.16. The van der Waals surface area contributed by atoms with Gasteiger partial charge in [-0.15, -0.1) is 10.2 Å². The van der Waals surface area contributed by atoms with Gasteiger partial charge in [-0.1, -0.05) is 35.5 Å². The summed E-state index contributed by atoms with van der Waals surface area (Å²) >= 11 is 7.24. The molecule has 0 saturated carbocycles. The summed E-state index contributed by atoms with van der Waals surface area (Å²) in [4.78, 5) is 12.2. The normalized spacial score (nSPS) is 10.5. The molecular weight excluding hydrogens is 390 g/mol. The summed E-state index contributed by atoms with van der Waals surface area (Å²) in [6.07, 6.45) is 0. The molecule has 3 aromatic rings. The minimum atomic E-state index is -0.246. The van der Waals surface area contributed by atoms with Crippen LogP contribution in [0.5, 0.6) is 11.5 Å². The van der Waals surface area contributed by atoms with Crippen molar-refractivity contribution in [3.63, 3.8) is 0 Å². The van der Waals surface area contributed by atoms with E-state index in [1.807, 2.05) is 12.1 Å². The highest BCUT2D eigenvalue weighted by Crippen LogP contribution is 2.30. The van der Waals surface area contributed by atoms with Crippen molar-refractivity contribution in [2.45, 2.75) is 5.22 Å². The highest BCUT2D eigenvalue weighted by atomic mass is 35.5. The molecule has 1 aromatic heterocycles. The number of nitrogens with one attached hydrogen (secondary N) is 1. The van der Waals surface area contributed by atoms with Crippen LogP contribution in [-0.2, 0) is 4.79 Å². The average molecular weight is 406 g/mol. The SMILES string of the molecule is COc1ccc(OC)c(NC(=O)CSc2nnc(-c3ccccc3Cl)o2)c1. The van der Waals surface area contributed by atoms with Gasteiger partial charge in [0.05, 0.1) is 36.2 Å². The van der Waals surface area contributed by atoms with E-state index in [2.05, 4.69) is 15.5 Å². The van der Waals surface area contributed by atoms with Crippen LogP contribution >= 0.6 is 23.4 Å². The smallest absolute Gasteiger partial charge is 0.277 e. The van der Waals surface area contributed by atoms with Crippen molar-refractivity contribution in [2.24, 2.45) is 0 Å². The maximum absolute atomic E-state index is 12.2. The standard InChI is InChI=1S/C18H16ClN3O4S/c1-24-11-7-8-15(25-2)14(9-11)20-16(23)10-27-18-22-21-17(26-18)12-5-3-4-6-13(12)19/h3-9H,10H2,1-2H3,(H,20,23). The maximum atomic E-state index is 12.2. The predicted octanol–water partition coefficient (Wildman–Crippen LogP) is 4.14. The van der Waals surface area contributed by atoms with Crippen molar-refractivity contribution in [3.05, 3.63) is 47.5 Å². The zero-order valence-corrected chi connectivity index (χ0v) is 16.1. The van der Waals surface area contributed by atoms with Crippen LogP contribution in [-0.4, -0.2) is 36.1 Å². The second-order valence-corrected chi connectivity index (χ2v) is 6.59. The Morgan fingerprint density at radius 1 is 1.19 bits per heavy atom. The lowest BCUT2D eigenvalue weighted by Crippen LogP contribution is -2.14. The summed E-state index contributed by atoms with van der Waals surface area (Å²) in [5, 5.41) is 11.5. The molecule has 9 heteroatoms. The van der Waals surface area contributed by atoms with E-state index < -0.39 is 0 Å². The number of aromatic nitrogens is 2. The minimum Gasteiger partial charge on any atom is -0.497 e. The fourth-order valence-electron chi connectivity index (χ4n) is 2.24. The molecule has 27 heavy (non-hydrogen) atoms. The summed E-state index contributed by atoms with van der Waals surface area (Å²) < 4.78 is 16.0. The number of rotatable bonds is 7. The van der Waals surface area contributed by atoms with Gasteiger partial charge in [-0.2, -0.15) is 0 Å². The van der Waals surface area contributed by atoms with Crippen molar-refractivity contribution in [3.8, 4) is 23.0 Å². The molecule has 1 heterocycles. The van der Waals surface area contributed by atoms with Crippen LogP contribution in [0.4, 0.5) is 5.69 Å².